The molecule has 0 saturated heterocycles. The first kappa shape index (κ1) is 21.9. The van der Waals surface area contributed by atoms with Gasteiger partial charge in [0.25, 0.3) is 5.91 Å². The number of primary sulfonamides is 1. The molecule has 28 heavy (non-hydrogen) atoms. The molecule has 0 aliphatic heterocycles. The Morgan fingerprint density at radius 3 is 2.32 bits per heavy atom. The predicted octanol–water partition coefficient (Wildman–Crippen LogP) is 1.94. The Kier molecular flexibility index (Phi) is 7.17. The van der Waals surface area contributed by atoms with Crippen molar-refractivity contribution in [3.8, 4) is 5.75 Å². The molecule has 0 radical (unpaired) electrons. The SMILES string of the molecule is CCc1ccc(C(CNC(=O)c2cc(S(N)(=O)=O)ccc2OC)N(C)C)cc1. The number of carbonyl (C=O) groups is 1. The van der Waals surface area contributed by atoms with E-state index in [0.29, 0.717) is 6.54 Å². The molecule has 3 N–H and O–H groups in total. The number of amides is 1. The van der Waals surface area contributed by atoms with Crippen LogP contribution in [0.4, 0.5) is 0 Å². The summed E-state index contributed by atoms with van der Waals surface area (Å²) in [5.41, 5.74) is 2.44. The van der Waals surface area contributed by atoms with Crippen molar-refractivity contribution in [3.05, 3.63) is 59.2 Å². The van der Waals surface area contributed by atoms with Crippen LogP contribution in [0.25, 0.3) is 0 Å². The molecule has 0 heterocycles. The van der Waals surface area contributed by atoms with Gasteiger partial charge in [0, 0.05) is 6.54 Å². The second kappa shape index (κ2) is 9.18. The predicted molar refractivity (Wildman–Crippen MR) is 109 cm³/mol. The number of likely N-dealkylation sites (N-methyl/N-ethyl adjacent to an activating group) is 1. The fraction of sp³-hybridized carbons (Fsp3) is 0.350. The van der Waals surface area contributed by atoms with Crippen molar-refractivity contribution >= 4 is 15.9 Å². The third-order valence-electron chi connectivity index (χ3n) is 4.60. The van der Waals surface area contributed by atoms with Gasteiger partial charge in [-0.15, -0.1) is 0 Å². The van der Waals surface area contributed by atoms with Crippen LogP contribution < -0.4 is 15.2 Å². The summed E-state index contributed by atoms with van der Waals surface area (Å²) in [4.78, 5) is 14.6. The van der Waals surface area contributed by atoms with Gasteiger partial charge in [-0.3, -0.25) is 4.79 Å². The van der Waals surface area contributed by atoms with Gasteiger partial charge in [0.2, 0.25) is 10.0 Å². The Bertz CT molecular complexity index is 925. The molecule has 1 unspecified atom stereocenters. The van der Waals surface area contributed by atoms with Gasteiger partial charge in [0.1, 0.15) is 5.75 Å². The number of hydrogen-bond donors (Lipinski definition) is 2. The quantitative estimate of drug-likeness (QED) is 0.699. The maximum Gasteiger partial charge on any atom is 0.255 e. The molecule has 0 spiro atoms. The average Bonchev–Trinajstić information content (AvgIpc) is 2.67. The smallest absolute Gasteiger partial charge is 0.255 e. The molecule has 0 fully saturated rings. The van der Waals surface area contributed by atoms with Crippen LogP contribution >= 0.6 is 0 Å². The van der Waals surface area contributed by atoms with E-state index in [0.717, 1.165) is 12.0 Å². The summed E-state index contributed by atoms with van der Waals surface area (Å²) in [6.45, 7) is 2.45. The van der Waals surface area contributed by atoms with Crippen LogP contribution in [0.5, 0.6) is 5.75 Å². The van der Waals surface area contributed by atoms with Crippen LogP contribution in [0, 0.1) is 0 Å². The number of hydrogen-bond acceptors (Lipinski definition) is 5. The third-order valence-corrected chi connectivity index (χ3v) is 5.51. The van der Waals surface area contributed by atoms with Crippen LogP contribution in [-0.4, -0.2) is 47.0 Å². The molecule has 0 aliphatic carbocycles. The largest absolute Gasteiger partial charge is 0.496 e. The first-order valence-corrected chi connectivity index (χ1v) is 10.5. The molecule has 2 aromatic rings. The molecule has 2 rings (SSSR count). The van der Waals surface area contributed by atoms with Crippen molar-refractivity contribution in [1.82, 2.24) is 10.2 Å². The van der Waals surface area contributed by atoms with E-state index in [1.54, 1.807) is 0 Å². The second-order valence-electron chi connectivity index (χ2n) is 6.69. The fourth-order valence-electron chi connectivity index (χ4n) is 2.90. The van der Waals surface area contributed by atoms with E-state index < -0.39 is 15.9 Å². The summed E-state index contributed by atoms with van der Waals surface area (Å²) < 4.78 is 28.4. The molecule has 0 bridgehead atoms. The molecule has 2 aromatic carbocycles. The van der Waals surface area contributed by atoms with Gasteiger partial charge in [-0.25, -0.2) is 13.6 Å². The number of nitrogens with two attached hydrogens (primary N) is 1. The van der Waals surface area contributed by atoms with E-state index in [-0.39, 0.29) is 22.3 Å². The van der Waals surface area contributed by atoms with Crippen molar-refractivity contribution in [2.45, 2.75) is 24.3 Å². The molecule has 0 saturated carbocycles. The Morgan fingerprint density at radius 2 is 1.82 bits per heavy atom. The monoisotopic (exact) mass is 405 g/mol. The van der Waals surface area contributed by atoms with Gasteiger partial charge in [-0.05, 0) is 49.8 Å². The number of ether oxygens (including phenoxy) is 1. The summed E-state index contributed by atoms with van der Waals surface area (Å²) >= 11 is 0. The molecule has 7 nitrogen and oxygen atoms in total. The number of carbonyl (C=O) groups excluding carboxylic acids is 1. The number of methoxy groups -OCH3 is 1. The number of nitrogens with zero attached hydrogens (tertiary/aromatic N) is 1. The van der Waals surface area contributed by atoms with E-state index in [2.05, 4.69) is 36.5 Å². The van der Waals surface area contributed by atoms with E-state index >= 15 is 0 Å². The summed E-state index contributed by atoms with van der Waals surface area (Å²) in [5.74, 6) is -0.155. The lowest BCUT2D eigenvalue weighted by atomic mass is 10.0. The van der Waals surface area contributed by atoms with Crippen molar-refractivity contribution in [2.24, 2.45) is 5.14 Å². The van der Waals surface area contributed by atoms with E-state index in [4.69, 9.17) is 9.88 Å². The summed E-state index contributed by atoms with van der Waals surface area (Å²) in [6, 6.07) is 12.2. The third kappa shape index (κ3) is 5.31. The zero-order valence-corrected chi connectivity index (χ0v) is 17.4. The van der Waals surface area contributed by atoms with E-state index in [1.165, 1.54) is 30.9 Å². The Balaban J connectivity index is 2.22. The number of rotatable bonds is 8. The van der Waals surface area contributed by atoms with E-state index in [9.17, 15) is 13.2 Å². The van der Waals surface area contributed by atoms with Crippen molar-refractivity contribution in [1.29, 1.82) is 0 Å². The molecule has 0 aromatic heterocycles. The highest BCUT2D eigenvalue weighted by Gasteiger charge is 2.20. The first-order chi connectivity index (χ1) is 13.2. The Morgan fingerprint density at radius 1 is 1.18 bits per heavy atom. The number of benzene rings is 2. The zero-order chi connectivity index (χ0) is 20.9. The van der Waals surface area contributed by atoms with Gasteiger partial charge in [0.05, 0.1) is 23.6 Å². The van der Waals surface area contributed by atoms with E-state index in [1.807, 2.05) is 19.0 Å². The first-order valence-electron chi connectivity index (χ1n) is 8.91. The normalized spacial score (nSPS) is 12.6. The van der Waals surface area contributed by atoms with Gasteiger partial charge in [0.15, 0.2) is 0 Å². The zero-order valence-electron chi connectivity index (χ0n) is 16.6. The minimum absolute atomic E-state index is 0.0396. The van der Waals surface area contributed by atoms with Gasteiger partial charge in [-0.2, -0.15) is 0 Å². The highest BCUT2D eigenvalue weighted by Crippen LogP contribution is 2.23. The standard InChI is InChI=1S/C20H27N3O4S/c1-5-14-6-8-15(9-7-14)18(23(2)3)13-22-20(24)17-12-16(28(21,25)26)10-11-19(17)27-4/h6-12,18H,5,13H2,1-4H3,(H,22,24)(H2,21,25,26). The fourth-order valence-corrected chi connectivity index (χ4v) is 3.44. The molecule has 1 atom stereocenters. The summed E-state index contributed by atoms with van der Waals surface area (Å²) in [5, 5.41) is 8.04. The van der Waals surface area contributed by atoms with Crippen LogP contribution in [0.3, 0.4) is 0 Å². The van der Waals surface area contributed by atoms with Crippen LogP contribution in [-0.2, 0) is 16.4 Å². The molecule has 8 heteroatoms. The minimum atomic E-state index is -3.92. The van der Waals surface area contributed by atoms with Crippen LogP contribution in [0.15, 0.2) is 47.4 Å². The lowest BCUT2D eigenvalue weighted by Crippen LogP contribution is -2.34. The van der Waals surface area contributed by atoms with Gasteiger partial charge < -0.3 is 15.0 Å². The molecular formula is C20H27N3O4S. The minimum Gasteiger partial charge on any atom is -0.496 e. The topological polar surface area (TPSA) is 102 Å². The van der Waals surface area contributed by atoms with Crippen molar-refractivity contribution in [3.63, 3.8) is 0 Å². The van der Waals surface area contributed by atoms with Crippen LogP contribution in [0.1, 0.15) is 34.5 Å². The molecule has 152 valence electrons. The lowest BCUT2D eigenvalue weighted by molar-refractivity contribution is 0.0938. The molecule has 1 amide bonds. The number of aryl methyl sites for hydroxylation is 1. The number of sulfonamides is 1. The Hall–Kier alpha value is -2.42. The average molecular weight is 406 g/mol. The van der Waals surface area contributed by atoms with Gasteiger partial charge >= 0.3 is 0 Å². The van der Waals surface area contributed by atoms with Gasteiger partial charge in [-0.1, -0.05) is 31.2 Å². The van der Waals surface area contributed by atoms with Crippen molar-refractivity contribution < 1.29 is 17.9 Å². The lowest BCUT2D eigenvalue weighted by Gasteiger charge is -2.25. The molecule has 0 aliphatic rings. The Labute approximate surface area is 166 Å². The summed E-state index contributed by atoms with van der Waals surface area (Å²) in [6.07, 6.45) is 0.962. The van der Waals surface area contributed by atoms with Crippen molar-refractivity contribution in [2.75, 3.05) is 27.7 Å². The maximum atomic E-state index is 12.7. The highest BCUT2D eigenvalue weighted by atomic mass is 32.2. The number of nitrogens with one attached hydrogen (secondary N) is 1. The maximum absolute atomic E-state index is 12.7. The second-order valence-corrected chi connectivity index (χ2v) is 8.25. The summed E-state index contributed by atoms with van der Waals surface area (Å²) in [7, 11) is 1.37. The van der Waals surface area contributed by atoms with Crippen LogP contribution in [0.2, 0.25) is 0 Å². The molecular weight excluding hydrogens is 378 g/mol. The highest BCUT2D eigenvalue weighted by molar-refractivity contribution is 7.89.